The maximum atomic E-state index is 11.7. The first-order valence-corrected chi connectivity index (χ1v) is 6.81. The second-order valence-electron chi connectivity index (χ2n) is 4.59. The summed E-state index contributed by atoms with van der Waals surface area (Å²) in [5, 5.41) is 3.27. The van der Waals surface area contributed by atoms with Crippen LogP contribution < -0.4 is 5.32 Å². The molecule has 5 nitrogen and oxygen atoms in total. The van der Waals surface area contributed by atoms with E-state index >= 15 is 0 Å². The van der Waals surface area contributed by atoms with Crippen LogP contribution in [-0.2, 0) is 19.0 Å². The normalized spacial score (nSPS) is 25.7. The van der Waals surface area contributed by atoms with E-state index in [1.54, 1.807) is 6.92 Å². The van der Waals surface area contributed by atoms with Gasteiger partial charge in [-0.1, -0.05) is 13.3 Å². The van der Waals surface area contributed by atoms with Crippen molar-refractivity contribution in [3.05, 3.63) is 0 Å². The second kappa shape index (κ2) is 8.45. The Morgan fingerprint density at radius 1 is 1.44 bits per heavy atom. The molecule has 106 valence electrons. The fraction of sp³-hybridized carbons (Fsp3) is 0.923. The topological polar surface area (TPSA) is 56.8 Å². The fourth-order valence-corrected chi connectivity index (χ4v) is 1.96. The average molecular weight is 259 g/mol. The third-order valence-corrected chi connectivity index (χ3v) is 2.81. The van der Waals surface area contributed by atoms with Gasteiger partial charge in [-0.15, -0.1) is 0 Å². The van der Waals surface area contributed by atoms with Gasteiger partial charge in [0.25, 0.3) is 0 Å². The van der Waals surface area contributed by atoms with Crippen molar-refractivity contribution >= 4 is 5.97 Å². The molecular weight excluding hydrogens is 234 g/mol. The Labute approximate surface area is 109 Å². The zero-order chi connectivity index (χ0) is 13.4. The number of hydrogen-bond donors (Lipinski definition) is 1. The van der Waals surface area contributed by atoms with E-state index in [4.69, 9.17) is 14.2 Å². The summed E-state index contributed by atoms with van der Waals surface area (Å²) in [5.74, 6) is -0.267. The summed E-state index contributed by atoms with van der Waals surface area (Å²) >= 11 is 0. The first kappa shape index (κ1) is 15.4. The summed E-state index contributed by atoms with van der Waals surface area (Å²) in [7, 11) is 0. The molecule has 3 atom stereocenters. The van der Waals surface area contributed by atoms with E-state index in [0.717, 1.165) is 19.5 Å². The van der Waals surface area contributed by atoms with Crippen LogP contribution in [0, 0.1) is 0 Å². The number of carbonyl (C=O) groups excluding carboxylic acids is 1. The van der Waals surface area contributed by atoms with E-state index in [-0.39, 0.29) is 18.2 Å². The molecule has 1 aliphatic rings. The fourth-order valence-electron chi connectivity index (χ4n) is 1.96. The van der Waals surface area contributed by atoms with Gasteiger partial charge in [-0.2, -0.15) is 0 Å². The van der Waals surface area contributed by atoms with Gasteiger partial charge in [0, 0.05) is 13.1 Å². The molecule has 0 bridgehead atoms. The summed E-state index contributed by atoms with van der Waals surface area (Å²) in [6.07, 6.45) is 1.33. The minimum atomic E-state index is -0.462. The van der Waals surface area contributed by atoms with Gasteiger partial charge in [0.05, 0.1) is 25.4 Å². The van der Waals surface area contributed by atoms with Gasteiger partial charge in [0.1, 0.15) is 0 Å². The van der Waals surface area contributed by atoms with Crippen LogP contribution in [0.15, 0.2) is 0 Å². The molecule has 1 N–H and O–H groups in total. The Morgan fingerprint density at radius 3 is 2.83 bits per heavy atom. The molecular formula is C13H25NO4. The van der Waals surface area contributed by atoms with Crippen molar-refractivity contribution in [1.82, 2.24) is 5.32 Å². The number of hydrogen-bond acceptors (Lipinski definition) is 5. The molecule has 1 rings (SSSR count). The van der Waals surface area contributed by atoms with Crippen LogP contribution in [0.1, 0.15) is 33.6 Å². The average Bonchev–Trinajstić information content (AvgIpc) is 2.35. The van der Waals surface area contributed by atoms with Crippen LogP contribution in [0.5, 0.6) is 0 Å². The highest BCUT2D eigenvalue weighted by atomic mass is 16.6. The van der Waals surface area contributed by atoms with E-state index in [1.807, 2.05) is 13.8 Å². The molecule has 3 unspecified atom stereocenters. The van der Waals surface area contributed by atoms with Crippen molar-refractivity contribution in [2.24, 2.45) is 0 Å². The lowest BCUT2D eigenvalue weighted by atomic mass is 10.2. The number of ether oxygens (including phenoxy) is 3. The number of carbonyl (C=O) groups is 1. The monoisotopic (exact) mass is 259 g/mol. The van der Waals surface area contributed by atoms with Crippen LogP contribution in [0.3, 0.4) is 0 Å². The lowest BCUT2D eigenvalue weighted by Crippen LogP contribution is -2.46. The minimum absolute atomic E-state index is 0.0162. The lowest BCUT2D eigenvalue weighted by Gasteiger charge is -2.29. The lowest BCUT2D eigenvalue weighted by molar-refractivity contribution is -0.161. The smallest absolute Gasteiger partial charge is 0.335 e. The molecule has 0 saturated carbocycles. The van der Waals surface area contributed by atoms with Crippen molar-refractivity contribution in [3.63, 3.8) is 0 Å². The Hall–Kier alpha value is -0.650. The van der Waals surface area contributed by atoms with Crippen LogP contribution in [-0.4, -0.2) is 50.6 Å². The molecule has 18 heavy (non-hydrogen) atoms. The summed E-state index contributed by atoms with van der Waals surface area (Å²) in [6.45, 7) is 8.31. The van der Waals surface area contributed by atoms with Gasteiger partial charge in [-0.05, 0) is 20.3 Å². The standard InChI is InChI=1S/C13H25NO4/c1-4-6-12(13(15)16-5-2)17-9-11-8-14-7-10(3)18-11/h10-12,14H,4-9H2,1-3H3. The molecule has 1 fully saturated rings. The van der Waals surface area contributed by atoms with Gasteiger partial charge in [-0.3, -0.25) is 0 Å². The van der Waals surface area contributed by atoms with Gasteiger partial charge >= 0.3 is 5.97 Å². The molecule has 0 aromatic heterocycles. The highest BCUT2D eigenvalue weighted by Crippen LogP contribution is 2.09. The third-order valence-electron chi connectivity index (χ3n) is 2.81. The highest BCUT2D eigenvalue weighted by molar-refractivity contribution is 5.74. The minimum Gasteiger partial charge on any atom is -0.464 e. The maximum Gasteiger partial charge on any atom is 0.335 e. The van der Waals surface area contributed by atoms with Crippen LogP contribution in [0.2, 0.25) is 0 Å². The van der Waals surface area contributed by atoms with Crippen LogP contribution >= 0.6 is 0 Å². The number of esters is 1. The molecule has 0 amide bonds. The van der Waals surface area contributed by atoms with E-state index in [1.165, 1.54) is 0 Å². The molecule has 0 aromatic rings. The SMILES string of the molecule is CCCC(OCC1CNCC(C)O1)C(=O)OCC. The van der Waals surface area contributed by atoms with Crippen molar-refractivity contribution in [2.45, 2.75) is 51.9 Å². The van der Waals surface area contributed by atoms with E-state index in [0.29, 0.717) is 19.6 Å². The van der Waals surface area contributed by atoms with Crippen LogP contribution in [0.4, 0.5) is 0 Å². The highest BCUT2D eigenvalue weighted by Gasteiger charge is 2.24. The van der Waals surface area contributed by atoms with Crippen LogP contribution in [0.25, 0.3) is 0 Å². The molecule has 0 aromatic carbocycles. The van der Waals surface area contributed by atoms with Gasteiger partial charge in [0.15, 0.2) is 6.10 Å². The Balaban J connectivity index is 2.34. The summed E-state index contributed by atoms with van der Waals surface area (Å²) < 4.78 is 16.4. The summed E-state index contributed by atoms with van der Waals surface area (Å²) in [4.78, 5) is 11.7. The predicted molar refractivity (Wildman–Crippen MR) is 68.5 cm³/mol. The van der Waals surface area contributed by atoms with Gasteiger partial charge in [0.2, 0.25) is 0 Å². The van der Waals surface area contributed by atoms with Gasteiger partial charge < -0.3 is 19.5 Å². The zero-order valence-corrected chi connectivity index (χ0v) is 11.6. The third kappa shape index (κ3) is 5.33. The molecule has 0 radical (unpaired) electrons. The quantitative estimate of drug-likeness (QED) is 0.694. The molecule has 1 aliphatic heterocycles. The largest absolute Gasteiger partial charge is 0.464 e. The zero-order valence-electron chi connectivity index (χ0n) is 11.6. The first-order chi connectivity index (χ1) is 8.67. The molecule has 0 aliphatic carbocycles. The molecule has 5 heteroatoms. The molecule has 1 saturated heterocycles. The van der Waals surface area contributed by atoms with Crippen molar-refractivity contribution < 1.29 is 19.0 Å². The summed E-state index contributed by atoms with van der Waals surface area (Å²) in [5.41, 5.74) is 0. The molecule has 0 spiro atoms. The second-order valence-corrected chi connectivity index (χ2v) is 4.59. The Morgan fingerprint density at radius 2 is 2.22 bits per heavy atom. The predicted octanol–water partition coefficient (Wildman–Crippen LogP) is 1.11. The summed E-state index contributed by atoms with van der Waals surface area (Å²) in [6, 6.07) is 0. The van der Waals surface area contributed by atoms with Gasteiger partial charge in [-0.25, -0.2) is 4.79 Å². The Kier molecular flexibility index (Phi) is 7.23. The van der Waals surface area contributed by atoms with E-state index in [2.05, 4.69) is 5.32 Å². The number of morpholine rings is 1. The van der Waals surface area contributed by atoms with Crippen molar-refractivity contribution in [2.75, 3.05) is 26.3 Å². The van der Waals surface area contributed by atoms with Crippen molar-refractivity contribution in [1.29, 1.82) is 0 Å². The Bertz CT molecular complexity index is 247. The van der Waals surface area contributed by atoms with E-state index < -0.39 is 6.10 Å². The molecule has 1 heterocycles. The number of nitrogens with one attached hydrogen (secondary N) is 1. The van der Waals surface area contributed by atoms with Crippen molar-refractivity contribution in [3.8, 4) is 0 Å². The first-order valence-electron chi connectivity index (χ1n) is 6.81. The van der Waals surface area contributed by atoms with E-state index in [9.17, 15) is 4.79 Å². The number of rotatable bonds is 7. The maximum absolute atomic E-state index is 11.7.